The van der Waals surface area contributed by atoms with Crippen LogP contribution in [0.1, 0.15) is 18.1 Å². The molecular weight excluding hydrogens is 228 g/mol. The molecule has 0 aliphatic carbocycles. The second kappa shape index (κ2) is 4.66. The number of rotatable bonds is 3. The molecule has 0 bridgehead atoms. The Morgan fingerprint density at radius 2 is 1.89 bits per heavy atom. The van der Waals surface area contributed by atoms with E-state index in [1.165, 1.54) is 0 Å². The molecule has 1 aromatic carbocycles. The maximum absolute atomic E-state index is 10.6. The minimum atomic E-state index is -1.18. The molecule has 0 saturated carbocycles. The highest BCUT2D eigenvalue weighted by atomic mass is 16.5. The normalized spacial score (nSPS) is 13.9. The number of hydrogen-bond acceptors (Lipinski definition) is 4. The largest absolute Gasteiger partial charge is 0.497 e. The monoisotopic (exact) mass is 244 g/mol. The van der Waals surface area contributed by atoms with E-state index < -0.39 is 5.60 Å². The van der Waals surface area contributed by atoms with Crippen molar-refractivity contribution in [3.05, 3.63) is 53.9 Å². The third kappa shape index (κ3) is 2.15. The number of aliphatic hydroxyl groups is 1. The van der Waals surface area contributed by atoms with Crippen LogP contribution in [0.15, 0.2) is 42.7 Å². The molecule has 0 fully saturated rings. The molecule has 2 rings (SSSR count). The summed E-state index contributed by atoms with van der Waals surface area (Å²) in [5.74, 6) is 0.744. The summed E-state index contributed by atoms with van der Waals surface area (Å²) in [7, 11) is 1.60. The molecule has 18 heavy (non-hydrogen) atoms. The topological polar surface area (TPSA) is 68.4 Å². The van der Waals surface area contributed by atoms with Crippen molar-refractivity contribution in [1.29, 1.82) is 0 Å². The molecule has 0 saturated heterocycles. The molecule has 4 heteroatoms. The number of nitrogens with two attached hydrogens (primary N) is 1. The predicted octanol–water partition coefficient (Wildman–Crippen LogP) is 1.93. The summed E-state index contributed by atoms with van der Waals surface area (Å²) < 4.78 is 5.09. The van der Waals surface area contributed by atoms with Gasteiger partial charge in [0.2, 0.25) is 0 Å². The van der Waals surface area contributed by atoms with Crippen molar-refractivity contribution in [3.63, 3.8) is 0 Å². The average Bonchev–Trinajstić information content (AvgIpc) is 2.39. The van der Waals surface area contributed by atoms with E-state index >= 15 is 0 Å². The molecule has 1 aromatic heterocycles. The van der Waals surface area contributed by atoms with Gasteiger partial charge < -0.3 is 15.6 Å². The summed E-state index contributed by atoms with van der Waals surface area (Å²) in [6, 6.07) is 8.90. The van der Waals surface area contributed by atoms with Crippen molar-refractivity contribution in [2.45, 2.75) is 12.5 Å². The molecule has 3 N–H and O–H groups in total. The van der Waals surface area contributed by atoms with Gasteiger partial charge in [0.15, 0.2) is 0 Å². The van der Waals surface area contributed by atoms with Gasteiger partial charge in [-0.2, -0.15) is 0 Å². The van der Waals surface area contributed by atoms with Crippen LogP contribution in [0.25, 0.3) is 0 Å². The zero-order valence-electron chi connectivity index (χ0n) is 10.4. The third-order valence-corrected chi connectivity index (χ3v) is 3.03. The fourth-order valence-corrected chi connectivity index (χ4v) is 1.88. The van der Waals surface area contributed by atoms with Gasteiger partial charge in [0.05, 0.1) is 7.11 Å². The number of methoxy groups -OCH3 is 1. The third-order valence-electron chi connectivity index (χ3n) is 3.03. The summed E-state index contributed by atoms with van der Waals surface area (Å²) in [4.78, 5) is 4.01. The number of benzene rings is 1. The number of aromatic nitrogens is 1. The zero-order chi connectivity index (χ0) is 13.2. The summed E-state index contributed by atoms with van der Waals surface area (Å²) in [6.07, 6.45) is 3.18. The highest BCUT2D eigenvalue weighted by Crippen LogP contribution is 2.32. The lowest BCUT2D eigenvalue weighted by atomic mass is 9.88. The van der Waals surface area contributed by atoms with Crippen molar-refractivity contribution >= 4 is 5.69 Å². The van der Waals surface area contributed by atoms with Crippen LogP contribution in [0.3, 0.4) is 0 Å². The van der Waals surface area contributed by atoms with Gasteiger partial charge in [-0.15, -0.1) is 0 Å². The van der Waals surface area contributed by atoms with Gasteiger partial charge in [0.25, 0.3) is 0 Å². The smallest absolute Gasteiger partial charge is 0.118 e. The van der Waals surface area contributed by atoms with Crippen LogP contribution >= 0.6 is 0 Å². The SMILES string of the molecule is COc1ccc(C(C)(O)c2cnccc2N)cc1. The molecule has 0 aliphatic rings. The first-order valence-electron chi connectivity index (χ1n) is 5.62. The van der Waals surface area contributed by atoms with E-state index in [0.717, 1.165) is 11.3 Å². The lowest BCUT2D eigenvalue weighted by Crippen LogP contribution is -2.24. The maximum Gasteiger partial charge on any atom is 0.118 e. The molecule has 0 amide bonds. The molecule has 0 spiro atoms. The van der Waals surface area contributed by atoms with E-state index in [2.05, 4.69) is 4.98 Å². The van der Waals surface area contributed by atoms with Crippen LogP contribution in [0.2, 0.25) is 0 Å². The Morgan fingerprint density at radius 3 is 2.44 bits per heavy atom. The van der Waals surface area contributed by atoms with Crippen molar-refractivity contribution in [2.24, 2.45) is 0 Å². The fraction of sp³-hybridized carbons (Fsp3) is 0.214. The first kappa shape index (κ1) is 12.4. The van der Waals surface area contributed by atoms with E-state index in [1.54, 1.807) is 44.6 Å². The summed E-state index contributed by atoms with van der Waals surface area (Å²) in [6.45, 7) is 1.70. The molecule has 4 nitrogen and oxygen atoms in total. The maximum atomic E-state index is 10.6. The fourth-order valence-electron chi connectivity index (χ4n) is 1.88. The van der Waals surface area contributed by atoms with Crippen molar-refractivity contribution in [1.82, 2.24) is 4.98 Å². The highest BCUT2D eigenvalue weighted by molar-refractivity contribution is 5.51. The molecule has 1 heterocycles. The van der Waals surface area contributed by atoms with Crippen molar-refractivity contribution in [2.75, 3.05) is 12.8 Å². The Balaban J connectivity index is 2.44. The van der Waals surface area contributed by atoms with Gasteiger partial charge in [0, 0.05) is 23.6 Å². The Hall–Kier alpha value is -2.07. The molecular formula is C14H16N2O2. The first-order valence-corrected chi connectivity index (χ1v) is 5.62. The van der Waals surface area contributed by atoms with E-state index in [9.17, 15) is 5.11 Å². The van der Waals surface area contributed by atoms with E-state index in [-0.39, 0.29) is 0 Å². The highest BCUT2D eigenvalue weighted by Gasteiger charge is 2.27. The van der Waals surface area contributed by atoms with Crippen LogP contribution < -0.4 is 10.5 Å². The van der Waals surface area contributed by atoms with Crippen LogP contribution in [0.5, 0.6) is 5.75 Å². The number of ether oxygens (including phenoxy) is 1. The Kier molecular flexibility index (Phi) is 3.21. The van der Waals surface area contributed by atoms with Crippen molar-refractivity contribution < 1.29 is 9.84 Å². The standard InChI is InChI=1S/C14H16N2O2/c1-14(17,12-9-16-8-7-13(12)15)10-3-5-11(18-2)6-4-10/h3-9,17H,1-2H3,(H2,15,16). The van der Waals surface area contributed by atoms with Gasteiger partial charge in [-0.05, 0) is 30.7 Å². The molecule has 2 aromatic rings. The van der Waals surface area contributed by atoms with Crippen molar-refractivity contribution in [3.8, 4) is 5.75 Å². The molecule has 0 radical (unpaired) electrons. The minimum Gasteiger partial charge on any atom is -0.497 e. The van der Waals surface area contributed by atoms with E-state index in [1.807, 2.05) is 12.1 Å². The van der Waals surface area contributed by atoms with Gasteiger partial charge in [-0.3, -0.25) is 4.98 Å². The number of nitrogens with zero attached hydrogens (tertiary/aromatic N) is 1. The Labute approximate surface area is 106 Å². The van der Waals surface area contributed by atoms with Crippen LogP contribution in [0.4, 0.5) is 5.69 Å². The average molecular weight is 244 g/mol. The van der Waals surface area contributed by atoms with Gasteiger partial charge in [-0.1, -0.05) is 12.1 Å². The second-order valence-corrected chi connectivity index (χ2v) is 4.26. The quantitative estimate of drug-likeness (QED) is 0.865. The van der Waals surface area contributed by atoms with Gasteiger partial charge in [-0.25, -0.2) is 0 Å². The van der Waals surface area contributed by atoms with Gasteiger partial charge >= 0.3 is 0 Å². The van der Waals surface area contributed by atoms with E-state index in [4.69, 9.17) is 10.5 Å². The molecule has 1 atom stereocenters. The molecule has 0 aliphatic heterocycles. The Morgan fingerprint density at radius 1 is 1.22 bits per heavy atom. The summed E-state index contributed by atoms with van der Waals surface area (Å²) >= 11 is 0. The summed E-state index contributed by atoms with van der Waals surface area (Å²) in [5.41, 5.74) is 6.55. The zero-order valence-corrected chi connectivity index (χ0v) is 10.4. The molecule has 1 unspecified atom stereocenters. The lowest BCUT2D eigenvalue weighted by molar-refractivity contribution is 0.103. The van der Waals surface area contributed by atoms with Crippen LogP contribution in [-0.2, 0) is 5.60 Å². The molecule has 94 valence electrons. The predicted molar refractivity (Wildman–Crippen MR) is 70.3 cm³/mol. The number of anilines is 1. The second-order valence-electron chi connectivity index (χ2n) is 4.26. The summed E-state index contributed by atoms with van der Waals surface area (Å²) in [5, 5.41) is 10.6. The lowest BCUT2D eigenvalue weighted by Gasteiger charge is -2.25. The number of pyridine rings is 1. The van der Waals surface area contributed by atoms with Crippen LogP contribution in [-0.4, -0.2) is 17.2 Å². The minimum absolute atomic E-state index is 0.519. The Bertz CT molecular complexity index is 536. The number of nitrogen functional groups attached to an aromatic ring is 1. The van der Waals surface area contributed by atoms with Gasteiger partial charge in [0.1, 0.15) is 11.4 Å². The number of hydrogen-bond donors (Lipinski definition) is 2. The van der Waals surface area contributed by atoms with Crippen LogP contribution in [0, 0.1) is 0 Å². The van der Waals surface area contributed by atoms with E-state index in [0.29, 0.717) is 11.3 Å². The first-order chi connectivity index (χ1) is 8.55.